The van der Waals surface area contributed by atoms with Gasteiger partial charge in [-0.1, -0.05) is 47.0 Å². The van der Waals surface area contributed by atoms with Gasteiger partial charge in [-0.25, -0.2) is 9.78 Å². The number of carbonyl (C=O) groups excluding carboxylic acids is 2. The molecular formula is C23H37N5O5. The number of ether oxygens (including phenoxy) is 1. The fourth-order valence-electron chi connectivity index (χ4n) is 3.58. The fraction of sp³-hybridized carbons (Fsp3) is 0.696. The van der Waals surface area contributed by atoms with E-state index >= 15 is 0 Å². The van der Waals surface area contributed by atoms with Crippen LogP contribution in [0.2, 0.25) is 0 Å². The van der Waals surface area contributed by atoms with E-state index in [0.29, 0.717) is 36.6 Å². The van der Waals surface area contributed by atoms with Crippen LogP contribution in [-0.4, -0.2) is 44.1 Å². The van der Waals surface area contributed by atoms with E-state index in [4.69, 9.17) is 4.74 Å². The number of H-pyrrole nitrogens is 1. The average Bonchev–Trinajstić information content (AvgIpc) is 3.11. The number of unbranched alkanes of at least 4 members (excludes halogenated alkanes) is 3. The molecule has 1 amide bonds. The van der Waals surface area contributed by atoms with Gasteiger partial charge in [0.1, 0.15) is 5.82 Å². The Kier molecular flexibility index (Phi) is 10.3. The van der Waals surface area contributed by atoms with E-state index in [1.54, 1.807) is 4.57 Å². The molecule has 0 aromatic carbocycles. The summed E-state index contributed by atoms with van der Waals surface area (Å²) >= 11 is 0. The number of amides is 1. The van der Waals surface area contributed by atoms with Gasteiger partial charge in [0.05, 0.1) is 6.42 Å². The summed E-state index contributed by atoms with van der Waals surface area (Å²) in [4.78, 5) is 56.0. The maximum absolute atomic E-state index is 12.6. The largest absolute Gasteiger partial charge is 0.456 e. The number of aryl methyl sites for hydroxylation is 2. The predicted molar refractivity (Wildman–Crippen MR) is 126 cm³/mol. The molecule has 0 saturated carbocycles. The maximum atomic E-state index is 12.6. The lowest BCUT2D eigenvalue weighted by atomic mass is 10.2. The summed E-state index contributed by atoms with van der Waals surface area (Å²) in [6.45, 7) is 9.37. The first-order chi connectivity index (χ1) is 15.8. The summed E-state index contributed by atoms with van der Waals surface area (Å²) in [5.74, 6) is -0.0712. The summed E-state index contributed by atoms with van der Waals surface area (Å²) in [6, 6.07) is 0. The average molecular weight is 464 g/mol. The predicted octanol–water partition coefficient (Wildman–Crippen LogP) is 2.12. The third-order valence-corrected chi connectivity index (χ3v) is 5.27. The van der Waals surface area contributed by atoms with Gasteiger partial charge < -0.3 is 14.6 Å². The molecule has 0 aliphatic heterocycles. The van der Waals surface area contributed by atoms with Crippen molar-refractivity contribution >= 4 is 23.0 Å². The number of carbonyl (C=O) groups is 2. The molecule has 10 heteroatoms. The lowest BCUT2D eigenvalue weighted by molar-refractivity contribution is -0.148. The Morgan fingerprint density at radius 2 is 1.82 bits per heavy atom. The van der Waals surface area contributed by atoms with Crippen LogP contribution in [0.5, 0.6) is 0 Å². The van der Waals surface area contributed by atoms with Crippen molar-refractivity contribution in [3.63, 3.8) is 0 Å². The van der Waals surface area contributed by atoms with Crippen molar-refractivity contribution in [2.45, 2.75) is 85.7 Å². The van der Waals surface area contributed by atoms with E-state index in [1.807, 2.05) is 20.8 Å². The molecule has 0 spiro atoms. The van der Waals surface area contributed by atoms with E-state index in [1.165, 1.54) is 4.57 Å². The number of hydrogen-bond acceptors (Lipinski definition) is 6. The fourth-order valence-corrected chi connectivity index (χ4v) is 3.58. The van der Waals surface area contributed by atoms with Crippen LogP contribution in [0.15, 0.2) is 9.59 Å². The first-order valence-electron chi connectivity index (χ1n) is 11.9. The molecule has 0 aliphatic rings. The van der Waals surface area contributed by atoms with E-state index in [9.17, 15) is 19.2 Å². The van der Waals surface area contributed by atoms with Crippen LogP contribution in [-0.2, 0) is 33.8 Å². The molecule has 2 aromatic heterocycles. The molecule has 0 bridgehead atoms. The highest BCUT2D eigenvalue weighted by Crippen LogP contribution is 2.16. The molecule has 0 atom stereocenters. The summed E-state index contributed by atoms with van der Waals surface area (Å²) in [7, 11) is 0. The minimum atomic E-state index is -0.515. The lowest BCUT2D eigenvalue weighted by Gasteiger charge is -2.11. The Balaban J connectivity index is 2.14. The van der Waals surface area contributed by atoms with Crippen molar-refractivity contribution < 1.29 is 14.3 Å². The monoisotopic (exact) mass is 463 g/mol. The van der Waals surface area contributed by atoms with Crippen LogP contribution in [0.3, 0.4) is 0 Å². The van der Waals surface area contributed by atoms with E-state index in [2.05, 4.69) is 22.2 Å². The van der Waals surface area contributed by atoms with Crippen molar-refractivity contribution in [3.05, 3.63) is 26.7 Å². The molecule has 0 unspecified atom stereocenters. The van der Waals surface area contributed by atoms with Crippen molar-refractivity contribution in [1.29, 1.82) is 0 Å². The number of esters is 1. The first-order valence-corrected chi connectivity index (χ1v) is 11.9. The van der Waals surface area contributed by atoms with Gasteiger partial charge >= 0.3 is 11.7 Å². The molecule has 0 saturated heterocycles. The zero-order valence-electron chi connectivity index (χ0n) is 20.2. The highest BCUT2D eigenvalue weighted by Gasteiger charge is 2.20. The van der Waals surface area contributed by atoms with Crippen LogP contribution in [0.25, 0.3) is 11.2 Å². The smallest absolute Gasteiger partial charge is 0.330 e. The Labute approximate surface area is 193 Å². The number of imidazole rings is 1. The second-order valence-corrected chi connectivity index (χ2v) is 8.69. The Morgan fingerprint density at radius 3 is 2.48 bits per heavy atom. The van der Waals surface area contributed by atoms with Gasteiger partial charge in [0.25, 0.3) is 11.5 Å². The van der Waals surface area contributed by atoms with E-state index < -0.39 is 17.2 Å². The molecule has 2 aromatic rings. The SMILES string of the molecule is CCCCCNC(=O)COC(=O)CCc1nc2c(c(=O)[nH]c(=O)n2CCCC)n1CC(C)C. The number of hydrogen-bond donors (Lipinski definition) is 2. The number of nitrogens with one attached hydrogen (secondary N) is 2. The number of aromatic amines is 1. The standard InChI is InChI=1S/C23H37N5O5/c1-5-7-9-12-24-18(29)15-33-19(30)11-10-17-25-21-20(28(17)14-16(3)4)22(31)26-23(32)27(21)13-8-6-2/h16H,5-15H2,1-4H3,(H,24,29)(H,26,31,32). The van der Waals surface area contributed by atoms with Gasteiger partial charge in [0, 0.05) is 26.1 Å². The lowest BCUT2D eigenvalue weighted by Crippen LogP contribution is -2.31. The highest BCUT2D eigenvalue weighted by atomic mass is 16.5. The zero-order chi connectivity index (χ0) is 24.4. The second-order valence-electron chi connectivity index (χ2n) is 8.69. The highest BCUT2D eigenvalue weighted by molar-refractivity contribution is 5.80. The van der Waals surface area contributed by atoms with Crippen LogP contribution in [0.4, 0.5) is 0 Å². The molecular weight excluding hydrogens is 426 g/mol. The third-order valence-electron chi connectivity index (χ3n) is 5.27. The zero-order valence-corrected chi connectivity index (χ0v) is 20.2. The van der Waals surface area contributed by atoms with E-state index in [0.717, 1.165) is 32.1 Å². The molecule has 0 radical (unpaired) electrons. The Bertz CT molecular complexity index is 1050. The normalized spacial score (nSPS) is 11.3. The second kappa shape index (κ2) is 13.0. The summed E-state index contributed by atoms with van der Waals surface area (Å²) in [5.41, 5.74) is -0.280. The van der Waals surface area contributed by atoms with Gasteiger partial charge in [-0.05, 0) is 18.8 Å². The molecule has 0 aliphatic carbocycles. The first kappa shape index (κ1) is 26.3. The van der Waals surface area contributed by atoms with Crippen molar-refractivity contribution in [1.82, 2.24) is 24.4 Å². The Hall–Kier alpha value is -2.91. The topological polar surface area (TPSA) is 128 Å². The van der Waals surface area contributed by atoms with E-state index in [-0.39, 0.29) is 31.3 Å². The van der Waals surface area contributed by atoms with Crippen molar-refractivity contribution in [3.8, 4) is 0 Å². The number of nitrogens with zero attached hydrogens (tertiary/aromatic N) is 3. The molecule has 33 heavy (non-hydrogen) atoms. The molecule has 0 fully saturated rings. The summed E-state index contributed by atoms with van der Waals surface area (Å²) in [6.07, 6.45) is 4.91. The van der Waals surface area contributed by atoms with Crippen LogP contribution < -0.4 is 16.6 Å². The molecule has 2 heterocycles. The van der Waals surface area contributed by atoms with Crippen molar-refractivity contribution in [2.75, 3.05) is 13.2 Å². The molecule has 2 rings (SSSR count). The Morgan fingerprint density at radius 1 is 1.09 bits per heavy atom. The quantitative estimate of drug-likeness (QED) is 0.326. The minimum Gasteiger partial charge on any atom is -0.456 e. The van der Waals surface area contributed by atoms with Crippen LogP contribution >= 0.6 is 0 Å². The number of aromatic nitrogens is 4. The maximum Gasteiger partial charge on any atom is 0.330 e. The van der Waals surface area contributed by atoms with Gasteiger partial charge in [-0.3, -0.25) is 23.9 Å². The third kappa shape index (κ3) is 7.57. The molecule has 184 valence electrons. The summed E-state index contributed by atoms with van der Waals surface area (Å²) in [5, 5.41) is 2.73. The number of fused-ring (bicyclic) bond motifs is 1. The molecule has 2 N–H and O–H groups in total. The number of rotatable bonds is 14. The minimum absolute atomic E-state index is 0.0155. The van der Waals surface area contributed by atoms with Gasteiger partial charge in [0.15, 0.2) is 17.8 Å². The van der Waals surface area contributed by atoms with Gasteiger partial charge in [-0.2, -0.15) is 0 Å². The van der Waals surface area contributed by atoms with Gasteiger partial charge in [-0.15, -0.1) is 0 Å². The van der Waals surface area contributed by atoms with Gasteiger partial charge in [0.2, 0.25) is 0 Å². The van der Waals surface area contributed by atoms with Crippen molar-refractivity contribution in [2.24, 2.45) is 5.92 Å². The summed E-state index contributed by atoms with van der Waals surface area (Å²) < 4.78 is 8.36. The van der Waals surface area contributed by atoms with Crippen LogP contribution in [0.1, 0.15) is 72.0 Å². The molecule has 10 nitrogen and oxygen atoms in total. The van der Waals surface area contributed by atoms with Crippen LogP contribution in [0, 0.1) is 5.92 Å².